The number of hydrogen-bond donors (Lipinski definition) is 1. The molecule has 0 aromatic heterocycles. The normalized spacial score (nSPS) is 18.2. The van der Waals surface area contributed by atoms with Crippen molar-refractivity contribution in [1.82, 2.24) is 0 Å². The highest BCUT2D eigenvalue weighted by atomic mass is 35.5. The van der Waals surface area contributed by atoms with Crippen molar-refractivity contribution >= 4 is 35.1 Å². The lowest BCUT2D eigenvalue weighted by Gasteiger charge is -2.17. The number of Topliss-reactive ketones (excluding diaryl/α,β-unsaturated/α-hetero) is 2. The van der Waals surface area contributed by atoms with Crippen LogP contribution in [0.4, 0.5) is 5.69 Å². The molecule has 0 fully saturated rings. The number of aldehydes is 1. The molecule has 0 spiro atoms. The first-order valence-corrected chi connectivity index (χ1v) is 8.79. The van der Waals surface area contributed by atoms with Crippen LogP contribution >= 0.6 is 11.6 Å². The summed E-state index contributed by atoms with van der Waals surface area (Å²) in [7, 11) is 0. The van der Waals surface area contributed by atoms with E-state index in [1.807, 2.05) is 6.07 Å². The van der Waals surface area contributed by atoms with Crippen LogP contribution in [0.3, 0.4) is 0 Å². The van der Waals surface area contributed by atoms with Gasteiger partial charge in [-0.1, -0.05) is 12.1 Å². The van der Waals surface area contributed by atoms with Crippen molar-refractivity contribution in [2.24, 2.45) is 5.92 Å². The van der Waals surface area contributed by atoms with E-state index in [0.29, 0.717) is 41.5 Å². The summed E-state index contributed by atoms with van der Waals surface area (Å²) in [6.45, 7) is 0.377. The molecule has 2 aromatic carbocycles. The second-order valence-corrected chi connectivity index (χ2v) is 6.53. The van der Waals surface area contributed by atoms with E-state index in [-0.39, 0.29) is 12.1 Å². The van der Waals surface area contributed by atoms with Gasteiger partial charge in [0.25, 0.3) is 0 Å². The number of carbonyl (C=O) groups is 3. The number of ketones is 2. The summed E-state index contributed by atoms with van der Waals surface area (Å²) in [5.74, 6) is -1.29. The zero-order valence-corrected chi connectivity index (χ0v) is 14.7. The molecule has 0 heterocycles. The third kappa shape index (κ3) is 3.35. The Morgan fingerprint density at radius 1 is 1.19 bits per heavy atom. The van der Waals surface area contributed by atoms with Gasteiger partial charge in [0, 0.05) is 17.2 Å². The van der Waals surface area contributed by atoms with Crippen LogP contribution < -0.4 is 10.5 Å². The van der Waals surface area contributed by atoms with Crippen LogP contribution in [0.25, 0.3) is 0 Å². The number of nitrogen functional groups attached to an aromatic ring is 1. The maximum atomic E-state index is 13.0. The third-order valence-corrected chi connectivity index (χ3v) is 4.78. The fraction of sp³-hybridized carbons (Fsp3) is 0.250. The van der Waals surface area contributed by atoms with E-state index >= 15 is 0 Å². The second-order valence-electron chi connectivity index (χ2n) is 6.15. The van der Waals surface area contributed by atoms with Gasteiger partial charge in [-0.2, -0.15) is 0 Å². The molecule has 1 aliphatic rings. The lowest BCUT2D eigenvalue weighted by molar-refractivity contribution is -0.131. The lowest BCUT2D eigenvalue weighted by atomic mass is 9.83. The minimum absolute atomic E-state index is 0.190. The second kappa shape index (κ2) is 7.70. The van der Waals surface area contributed by atoms with Crippen LogP contribution in [0.15, 0.2) is 42.5 Å². The maximum absolute atomic E-state index is 13.0. The van der Waals surface area contributed by atoms with Gasteiger partial charge in [0.05, 0.1) is 11.8 Å². The summed E-state index contributed by atoms with van der Waals surface area (Å²) in [4.78, 5) is 36.4. The minimum Gasteiger partial charge on any atom is -0.492 e. The average Bonchev–Trinajstić information content (AvgIpc) is 3.06. The molecule has 2 unspecified atom stereocenters. The quantitative estimate of drug-likeness (QED) is 0.266. The van der Waals surface area contributed by atoms with Crippen molar-refractivity contribution in [3.05, 3.63) is 59.2 Å². The molecule has 3 rings (SSSR count). The van der Waals surface area contributed by atoms with Gasteiger partial charge < -0.3 is 10.5 Å². The third-order valence-electron chi connectivity index (χ3n) is 4.63. The van der Waals surface area contributed by atoms with E-state index in [1.165, 1.54) is 0 Å². The maximum Gasteiger partial charge on any atom is 0.203 e. The molecule has 2 N–H and O–H groups in total. The van der Waals surface area contributed by atoms with Crippen LogP contribution in [0.1, 0.15) is 27.4 Å². The standard InChI is InChI=1S/C20H18ClNO4/c21-8-9-26-14-6-4-12(5-7-14)20(25)15-10-13-2-1-3-16(22)18(13)19(15)17(24)11-23/h1-7,11,15,19H,8-10,22H2. The summed E-state index contributed by atoms with van der Waals surface area (Å²) in [5, 5.41) is 0. The molecular formula is C20H18ClNO4. The number of benzene rings is 2. The summed E-state index contributed by atoms with van der Waals surface area (Å²) in [6.07, 6.45) is 0.656. The molecule has 2 aromatic rings. The Labute approximate surface area is 156 Å². The number of nitrogens with two attached hydrogens (primary N) is 1. The number of fused-ring (bicyclic) bond motifs is 1. The molecule has 0 saturated heterocycles. The smallest absolute Gasteiger partial charge is 0.203 e. The Morgan fingerprint density at radius 3 is 2.58 bits per heavy atom. The Hall–Kier alpha value is -2.66. The summed E-state index contributed by atoms with van der Waals surface area (Å²) >= 11 is 5.59. The fourth-order valence-electron chi connectivity index (χ4n) is 3.49. The monoisotopic (exact) mass is 371 g/mol. The van der Waals surface area contributed by atoms with Crippen molar-refractivity contribution in [2.75, 3.05) is 18.2 Å². The van der Waals surface area contributed by atoms with Crippen molar-refractivity contribution in [2.45, 2.75) is 12.3 Å². The van der Waals surface area contributed by atoms with Crippen molar-refractivity contribution in [3.8, 4) is 5.75 Å². The fourth-order valence-corrected chi connectivity index (χ4v) is 3.57. The van der Waals surface area contributed by atoms with E-state index in [0.717, 1.165) is 5.56 Å². The molecule has 1 aliphatic carbocycles. The van der Waals surface area contributed by atoms with Crippen molar-refractivity contribution in [3.63, 3.8) is 0 Å². The van der Waals surface area contributed by atoms with Crippen LogP contribution in [0.5, 0.6) is 5.75 Å². The first kappa shape index (κ1) is 18.1. The summed E-state index contributed by atoms with van der Waals surface area (Å²) in [5.41, 5.74) is 8.35. The van der Waals surface area contributed by atoms with Gasteiger partial charge >= 0.3 is 0 Å². The number of halogens is 1. The molecule has 5 nitrogen and oxygen atoms in total. The number of rotatable bonds is 7. The van der Waals surface area contributed by atoms with Crippen LogP contribution in [-0.4, -0.2) is 30.3 Å². The van der Waals surface area contributed by atoms with E-state index < -0.39 is 17.6 Å². The van der Waals surface area contributed by atoms with Gasteiger partial charge in [-0.05, 0) is 47.9 Å². The molecule has 0 aliphatic heterocycles. The van der Waals surface area contributed by atoms with Crippen LogP contribution in [-0.2, 0) is 16.0 Å². The average molecular weight is 372 g/mol. The first-order valence-electron chi connectivity index (χ1n) is 8.26. The predicted octanol–water partition coefficient (Wildman–Crippen LogP) is 2.79. The Bertz CT molecular complexity index is 847. The van der Waals surface area contributed by atoms with Gasteiger partial charge in [0.15, 0.2) is 12.1 Å². The van der Waals surface area contributed by atoms with E-state index in [9.17, 15) is 14.4 Å². The zero-order valence-electron chi connectivity index (χ0n) is 14.0. The summed E-state index contributed by atoms with van der Waals surface area (Å²) in [6, 6.07) is 12.0. The van der Waals surface area contributed by atoms with Gasteiger partial charge in [-0.25, -0.2) is 0 Å². The number of ether oxygens (including phenoxy) is 1. The predicted molar refractivity (Wildman–Crippen MR) is 98.8 cm³/mol. The Kier molecular flexibility index (Phi) is 5.38. The van der Waals surface area contributed by atoms with E-state index in [4.69, 9.17) is 22.1 Å². The van der Waals surface area contributed by atoms with E-state index in [1.54, 1.807) is 36.4 Å². The van der Waals surface area contributed by atoms with E-state index in [2.05, 4.69) is 0 Å². The SMILES string of the molecule is Nc1cccc2c1C(C(=O)C=O)C(C(=O)c1ccc(OCCCl)cc1)C2. The Morgan fingerprint density at radius 2 is 1.92 bits per heavy atom. The van der Waals surface area contributed by atoms with Crippen molar-refractivity contribution in [1.29, 1.82) is 0 Å². The minimum atomic E-state index is -0.830. The van der Waals surface area contributed by atoms with Gasteiger partial charge in [0.1, 0.15) is 12.4 Å². The largest absolute Gasteiger partial charge is 0.492 e. The number of alkyl halides is 1. The molecule has 6 heteroatoms. The molecular weight excluding hydrogens is 354 g/mol. The molecule has 0 amide bonds. The lowest BCUT2D eigenvalue weighted by Crippen LogP contribution is -2.26. The number of hydrogen-bond acceptors (Lipinski definition) is 5. The zero-order chi connectivity index (χ0) is 18.7. The van der Waals surface area contributed by atoms with Crippen LogP contribution in [0.2, 0.25) is 0 Å². The van der Waals surface area contributed by atoms with Crippen LogP contribution in [0, 0.1) is 5.92 Å². The molecule has 2 atom stereocenters. The highest BCUT2D eigenvalue weighted by molar-refractivity contribution is 6.29. The van der Waals surface area contributed by atoms with Gasteiger partial charge in [-0.3, -0.25) is 14.4 Å². The Balaban J connectivity index is 1.90. The number of anilines is 1. The highest BCUT2D eigenvalue weighted by Gasteiger charge is 2.42. The molecule has 0 radical (unpaired) electrons. The summed E-state index contributed by atoms with van der Waals surface area (Å²) < 4.78 is 5.40. The number of carbonyl (C=O) groups excluding carboxylic acids is 3. The molecule has 0 bridgehead atoms. The van der Waals surface area contributed by atoms with Gasteiger partial charge in [-0.15, -0.1) is 11.6 Å². The topological polar surface area (TPSA) is 86.5 Å². The first-order chi connectivity index (χ1) is 12.6. The molecule has 134 valence electrons. The molecule has 0 saturated carbocycles. The van der Waals surface area contributed by atoms with Crippen molar-refractivity contribution < 1.29 is 19.1 Å². The highest BCUT2D eigenvalue weighted by Crippen LogP contribution is 2.43. The molecule has 26 heavy (non-hydrogen) atoms. The van der Waals surface area contributed by atoms with Gasteiger partial charge in [0.2, 0.25) is 5.78 Å².